The van der Waals surface area contributed by atoms with Crippen molar-refractivity contribution in [3.05, 3.63) is 59.2 Å². The summed E-state index contributed by atoms with van der Waals surface area (Å²) in [6.45, 7) is -0.698. The summed E-state index contributed by atoms with van der Waals surface area (Å²) in [6.07, 6.45) is -5.03. The van der Waals surface area contributed by atoms with Gasteiger partial charge in [-0.05, 0) is 35.4 Å². The summed E-state index contributed by atoms with van der Waals surface area (Å²) in [4.78, 5) is 11.5. The van der Waals surface area contributed by atoms with Crippen molar-refractivity contribution in [3.63, 3.8) is 0 Å². The van der Waals surface area contributed by atoms with Crippen molar-refractivity contribution in [2.75, 3.05) is 4.72 Å². The first-order valence-electron chi connectivity index (χ1n) is 7.43. The van der Waals surface area contributed by atoms with Gasteiger partial charge in [-0.2, -0.15) is 13.2 Å². The maximum Gasteiger partial charge on any atom is 0.471 e. The lowest BCUT2D eigenvalue weighted by Crippen LogP contribution is -2.37. The fourth-order valence-corrected chi connectivity index (χ4v) is 3.75. The Morgan fingerprint density at radius 1 is 1.00 bits per heavy atom. The normalized spacial score (nSPS) is 14.2. The smallest absolute Gasteiger partial charge is 0.326 e. The Balaban J connectivity index is 1.85. The molecule has 1 heterocycles. The quantitative estimate of drug-likeness (QED) is 0.797. The number of benzene rings is 2. The van der Waals surface area contributed by atoms with Gasteiger partial charge in [-0.3, -0.25) is 9.52 Å². The number of hydrogen-bond acceptors (Lipinski definition) is 3. The molecule has 1 aliphatic rings. The van der Waals surface area contributed by atoms with Gasteiger partial charge in [-0.25, -0.2) is 17.2 Å². The monoisotopic (exact) mass is 406 g/mol. The van der Waals surface area contributed by atoms with Crippen LogP contribution in [-0.4, -0.2) is 25.4 Å². The summed E-state index contributed by atoms with van der Waals surface area (Å²) in [7, 11) is -4.27. The first kappa shape index (κ1) is 19.1. The van der Waals surface area contributed by atoms with Gasteiger partial charge in [0.2, 0.25) is 0 Å². The van der Waals surface area contributed by atoms with Gasteiger partial charge in [0.05, 0.1) is 10.6 Å². The number of amides is 1. The van der Waals surface area contributed by atoms with Crippen LogP contribution in [0.2, 0.25) is 0 Å². The van der Waals surface area contributed by atoms with Crippen LogP contribution in [-0.2, 0) is 27.9 Å². The molecule has 0 spiro atoms. The molecular weight excluding hydrogens is 395 g/mol. The molecule has 2 aromatic carbocycles. The number of fused-ring (bicyclic) bond motifs is 1. The predicted molar refractivity (Wildman–Crippen MR) is 83.9 cm³/mol. The maximum atomic E-state index is 13.7. The Labute approximate surface area is 150 Å². The van der Waals surface area contributed by atoms with Gasteiger partial charge in [0.25, 0.3) is 10.0 Å². The van der Waals surface area contributed by atoms with Gasteiger partial charge in [0.1, 0.15) is 11.6 Å². The van der Waals surface area contributed by atoms with E-state index in [0.29, 0.717) is 16.5 Å². The zero-order valence-corrected chi connectivity index (χ0v) is 14.2. The highest BCUT2D eigenvalue weighted by molar-refractivity contribution is 7.92. The van der Waals surface area contributed by atoms with Crippen molar-refractivity contribution in [3.8, 4) is 0 Å². The number of carbonyl (C=O) groups excluding carboxylic acids is 1. The van der Waals surface area contributed by atoms with E-state index in [-0.39, 0.29) is 17.0 Å². The molecule has 0 atom stereocenters. The number of nitrogens with one attached hydrogen (secondary N) is 1. The molecule has 144 valence electrons. The third-order valence-electron chi connectivity index (χ3n) is 3.92. The Kier molecular flexibility index (Phi) is 4.58. The van der Waals surface area contributed by atoms with Gasteiger partial charge in [0, 0.05) is 19.2 Å². The minimum atomic E-state index is -5.03. The van der Waals surface area contributed by atoms with E-state index >= 15 is 0 Å². The second kappa shape index (κ2) is 6.48. The van der Waals surface area contributed by atoms with Crippen LogP contribution < -0.4 is 4.72 Å². The lowest BCUT2D eigenvalue weighted by molar-refractivity contribution is -0.186. The summed E-state index contributed by atoms with van der Waals surface area (Å²) in [5.41, 5.74) is 0.125. The number of sulfonamides is 1. The molecular formula is C16H11F5N2O3S. The molecule has 0 fully saturated rings. The molecule has 0 unspecified atom stereocenters. The molecule has 0 aromatic heterocycles. The molecule has 5 nitrogen and oxygen atoms in total. The van der Waals surface area contributed by atoms with Crippen LogP contribution in [0.4, 0.5) is 27.6 Å². The van der Waals surface area contributed by atoms with Crippen LogP contribution in [0.3, 0.4) is 0 Å². The average Bonchev–Trinajstić information content (AvgIpc) is 2.98. The van der Waals surface area contributed by atoms with Crippen molar-refractivity contribution >= 4 is 21.6 Å². The molecule has 0 aliphatic carbocycles. The van der Waals surface area contributed by atoms with E-state index in [1.54, 1.807) is 0 Å². The van der Waals surface area contributed by atoms with Gasteiger partial charge < -0.3 is 4.90 Å². The highest BCUT2D eigenvalue weighted by Gasteiger charge is 2.44. The number of hydrogen-bond donors (Lipinski definition) is 1. The molecule has 0 saturated carbocycles. The first-order chi connectivity index (χ1) is 12.5. The third kappa shape index (κ3) is 3.87. The summed E-state index contributed by atoms with van der Waals surface area (Å²) in [6, 6.07) is 5.80. The summed E-state index contributed by atoms with van der Waals surface area (Å²) in [5.74, 6) is -4.03. The SMILES string of the molecule is O=C(N1Cc2ccc(S(=O)(=O)Nc3ccc(F)cc3F)cc2C1)C(F)(F)F. The van der Waals surface area contributed by atoms with Gasteiger partial charge >= 0.3 is 12.1 Å². The second-order valence-corrected chi connectivity index (χ2v) is 7.50. The zero-order valence-electron chi connectivity index (χ0n) is 13.3. The van der Waals surface area contributed by atoms with Crippen LogP contribution in [0, 0.1) is 11.6 Å². The number of alkyl halides is 3. The molecule has 27 heavy (non-hydrogen) atoms. The summed E-state index contributed by atoms with van der Waals surface area (Å²) in [5, 5.41) is 0. The summed E-state index contributed by atoms with van der Waals surface area (Å²) >= 11 is 0. The maximum absolute atomic E-state index is 13.7. The third-order valence-corrected chi connectivity index (χ3v) is 5.28. The van der Waals surface area contributed by atoms with Crippen LogP contribution in [0.5, 0.6) is 0 Å². The standard InChI is InChI=1S/C16H11F5N2O3S/c17-11-2-4-14(13(18)6-11)22-27(25,26)12-3-1-9-7-23(8-10(9)5-12)15(24)16(19,20)21/h1-6,22H,7-8H2. The summed E-state index contributed by atoms with van der Waals surface area (Å²) < 4.78 is 90.9. The molecule has 1 N–H and O–H groups in total. The fourth-order valence-electron chi connectivity index (χ4n) is 2.64. The topological polar surface area (TPSA) is 66.5 Å². The van der Waals surface area contributed by atoms with Crippen LogP contribution in [0.1, 0.15) is 11.1 Å². The number of rotatable bonds is 3. The number of nitrogens with zero attached hydrogens (tertiary/aromatic N) is 1. The molecule has 3 rings (SSSR count). The Morgan fingerprint density at radius 2 is 1.67 bits per heavy atom. The van der Waals surface area contributed by atoms with E-state index < -0.39 is 46.0 Å². The zero-order chi connectivity index (χ0) is 20.0. The average molecular weight is 406 g/mol. The Bertz CT molecular complexity index is 1020. The van der Waals surface area contributed by atoms with Crippen LogP contribution >= 0.6 is 0 Å². The molecule has 1 amide bonds. The molecule has 0 bridgehead atoms. The largest absolute Gasteiger partial charge is 0.471 e. The second-order valence-electron chi connectivity index (χ2n) is 5.82. The number of carbonyl (C=O) groups is 1. The van der Waals surface area contributed by atoms with E-state index in [1.165, 1.54) is 6.07 Å². The van der Waals surface area contributed by atoms with Crippen LogP contribution in [0.15, 0.2) is 41.3 Å². The van der Waals surface area contributed by atoms with E-state index in [0.717, 1.165) is 24.3 Å². The Morgan fingerprint density at radius 3 is 2.30 bits per heavy atom. The number of anilines is 1. The Hall–Kier alpha value is -2.69. The van der Waals surface area contributed by atoms with Crippen molar-refractivity contribution < 1.29 is 35.2 Å². The first-order valence-corrected chi connectivity index (χ1v) is 8.91. The number of halogens is 5. The van der Waals surface area contributed by atoms with Crippen molar-refractivity contribution in [1.29, 1.82) is 0 Å². The minimum Gasteiger partial charge on any atom is -0.326 e. The van der Waals surface area contributed by atoms with Crippen LogP contribution in [0.25, 0.3) is 0 Å². The predicted octanol–water partition coefficient (Wildman–Crippen LogP) is 3.17. The molecule has 0 radical (unpaired) electrons. The molecule has 1 aliphatic heterocycles. The van der Waals surface area contributed by atoms with E-state index in [2.05, 4.69) is 0 Å². The van der Waals surface area contributed by atoms with Gasteiger partial charge in [0.15, 0.2) is 0 Å². The highest BCUT2D eigenvalue weighted by Crippen LogP contribution is 2.30. The molecule has 11 heteroatoms. The molecule has 2 aromatic rings. The molecule has 0 saturated heterocycles. The highest BCUT2D eigenvalue weighted by atomic mass is 32.2. The fraction of sp³-hybridized carbons (Fsp3) is 0.188. The lowest BCUT2D eigenvalue weighted by atomic mass is 10.1. The van der Waals surface area contributed by atoms with Crippen molar-refractivity contribution in [2.45, 2.75) is 24.2 Å². The minimum absolute atomic E-state index is 0.232. The van der Waals surface area contributed by atoms with Crippen molar-refractivity contribution in [2.24, 2.45) is 0 Å². The van der Waals surface area contributed by atoms with Gasteiger partial charge in [-0.1, -0.05) is 6.07 Å². The van der Waals surface area contributed by atoms with E-state index in [1.807, 2.05) is 4.72 Å². The van der Waals surface area contributed by atoms with E-state index in [4.69, 9.17) is 0 Å². The van der Waals surface area contributed by atoms with E-state index in [9.17, 15) is 35.2 Å². The van der Waals surface area contributed by atoms with Gasteiger partial charge in [-0.15, -0.1) is 0 Å². The lowest BCUT2D eigenvalue weighted by Gasteiger charge is -2.16. The van der Waals surface area contributed by atoms with Crippen molar-refractivity contribution in [1.82, 2.24) is 4.90 Å².